The van der Waals surface area contributed by atoms with E-state index in [-0.39, 0.29) is 30.0 Å². The molecule has 0 spiro atoms. The fourth-order valence-corrected chi connectivity index (χ4v) is 3.59. The summed E-state index contributed by atoms with van der Waals surface area (Å²) in [7, 11) is -1.71. The molecule has 9 heteroatoms. The van der Waals surface area contributed by atoms with Gasteiger partial charge in [0, 0.05) is 33.2 Å². The Bertz CT molecular complexity index is 783. The van der Waals surface area contributed by atoms with Gasteiger partial charge in [-0.05, 0) is 37.0 Å². The molecule has 1 N–H and O–H groups in total. The minimum absolute atomic E-state index is 0.0705. The summed E-state index contributed by atoms with van der Waals surface area (Å²) in [5.41, 5.74) is 0.743. The predicted molar refractivity (Wildman–Crippen MR) is 105 cm³/mol. The molecule has 0 radical (unpaired) electrons. The number of sulfonamides is 1. The van der Waals surface area contributed by atoms with Crippen molar-refractivity contribution < 1.29 is 22.4 Å². The Morgan fingerprint density at radius 2 is 1.96 bits per heavy atom. The summed E-state index contributed by atoms with van der Waals surface area (Å²) in [5.74, 6) is -0.785. The van der Waals surface area contributed by atoms with Gasteiger partial charge in [0.05, 0.1) is 18.6 Å². The summed E-state index contributed by atoms with van der Waals surface area (Å²) in [6.07, 6.45) is 3.33. The Kier molecular flexibility index (Phi) is 7.94. The van der Waals surface area contributed by atoms with Gasteiger partial charge >= 0.3 is 0 Å². The minimum atomic E-state index is -3.21. The van der Waals surface area contributed by atoms with Gasteiger partial charge in [0.25, 0.3) is 0 Å². The van der Waals surface area contributed by atoms with Crippen molar-refractivity contribution in [3.63, 3.8) is 0 Å². The number of benzene rings is 1. The molecule has 28 heavy (non-hydrogen) atoms. The van der Waals surface area contributed by atoms with Crippen molar-refractivity contribution in [2.75, 3.05) is 39.5 Å². The number of rotatable bonds is 8. The van der Waals surface area contributed by atoms with Crippen LogP contribution in [0.2, 0.25) is 0 Å². The molecule has 1 saturated heterocycles. The van der Waals surface area contributed by atoms with E-state index in [1.54, 1.807) is 17.0 Å². The van der Waals surface area contributed by atoms with E-state index < -0.39 is 10.0 Å². The van der Waals surface area contributed by atoms with E-state index in [4.69, 9.17) is 0 Å². The van der Waals surface area contributed by atoms with Crippen LogP contribution in [-0.2, 0) is 26.0 Å². The lowest BCUT2D eigenvalue weighted by Gasteiger charge is -2.32. The molecule has 0 aliphatic carbocycles. The standard InChI is InChI=1S/C19H28FN3O4S/c1-22(28(2,26)27)11-4-10-21-19(25)16-5-3-12-23(14-16)18(24)13-15-6-8-17(20)9-7-15/h6-9,16H,3-5,10-14H2,1-2H3,(H,21,25). The van der Waals surface area contributed by atoms with E-state index in [2.05, 4.69) is 5.32 Å². The Morgan fingerprint density at radius 3 is 2.61 bits per heavy atom. The van der Waals surface area contributed by atoms with Gasteiger partial charge in [0.1, 0.15) is 5.82 Å². The zero-order valence-corrected chi connectivity index (χ0v) is 17.2. The molecule has 2 amide bonds. The number of carbonyl (C=O) groups is 2. The Labute approximate surface area is 165 Å². The fraction of sp³-hybridized carbons (Fsp3) is 0.579. The fourth-order valence-electron chi connectivity index (χ4n) is 3.13. The van der Waals surface area contributed by atoms with Gasteiger partial charge in [0.2, 0.25) is 21.8 Å². The van der Waals surface area contributed by atoms with Gasteiger partial charge in [-0.25, -0.2) is 17.1 Å². The molecule has 0 bridgehead atoms. The SMILES string of the molecule is CN(CCCNC(=O)C1CCCN(C(=O)Cc2ccc(F)cc2)C1)S(C)(=O)=O. The number of halogens is 1. The third kappa shape index (κ3) is 6.87. The molecule has 0 saturated carbocycles. The summed E-state index contributed by atoms with van der Waals surface area (Å²) in [6, 6.07) is 5.84. The highest BCUT2D eigenvalue weighted by atomic mass is 32.2. The van der Waals surface area contributed by atoms with Crippen molar-refractivity contribution in [1.29, 1.82) is 0 Å². The first kappa shape index (κ1) is 22.3. The number of piperidine rings is 1. The summed E-state index contributed by atoms with van der Waals surface area (Å²) >= 11 is 0. The highest BCUT2D eigenvalue weighted by Crippen LogP contribution is 2.18. The van der Waals surface area contributed by atoms with Gasteiger partial charge in [-0.3, -0.25) is 9.59 Å². The van der Waals surface area contributed by atoms with Gasteiger partial charge in [-0.1, -0.05) is 12.1 Å². The first-order chi connectivity index (χ1) is 13.2. The van der Waals surface area contributed by atoms with Crippen molar-refractivity contribution in [2.45, 2.75) is 25.7 Å². The summed E-state index contributed by atoms with van der Waals surface area (Å²) in [5, 5.41) is 2.83. The van der Waals surface area contributed by atoms with Crippen LogP contribution in [0.5, 0.6) is 0 Å². The lowest BCUT2D eigenvalue weighted by molar-refractivity contribution is -0.135. The molecule has 2 rings (SSSR count). The van der Waals surface area contributed by atoms with Crippen LogP contribution >= 0.6 is 0 Å². The molecular formula is C19H28FN3O4S. The lowest BCUT2D eigenvalue weighted by atomic mass is 9.96. The summed E-state index contributed by atoms with van der Waals surface area (Å²) < 4.78 is 36.9. The van der Waals surface area contributed by atoms with Crippen molar-refractivity contribution >= 4 is 21.8 Å². The number of likely N-dealkylation sites (tertiary alicyclic amines) is 1. The number of nitrogens with zero attached hydrogens (tertiary/aromatic N) is 2. The van der Waals surface area contributed by atoms with Gasteiger partial charge in [0.15, 0.2) is 0 Å². The van der Waals surface area contributed by atoms with Crippen LogP contribution in [0.15, 0.2) is 24.3 Å². The number of hydrogen-bond donors (Lipinski definition) is 1. The normalized spacial score (nSPS) is 17.6. The zero-order valence-electron chi connectivity index (χ0n) is 16.4. The molecule has 1 aromatic carbocycles. The van der Waals surface area contributed by atoms with Crippen LogP contribution in [-0.4, -0.2) is 68.9 Å². The highest BCUT2D eigenvalue weighted by molar-refractivity contribution is 7.88. The quantitative estimate of drug-likeness (QED) is 0.645. The highest BCUT2D eigenvalue weighted by Gasteiger charge is 2.28. The van der Waals surface area contributed by atoms with E-state index in [1.807, 2.05) is 0 Å². The molecule has 1 aliphatic heterocycles. The molecule has 1 fully saturated rings. The monoisotopic (exact) mass is 413 g/mol. The second kappa shape index (κ2) is 9.97. The van der Waals surface area contributed by atoms with Crippen LogP contribution in [0.3, 0.4) is 0 Å². The Hall–Kier alpha value is -2.00. The number of carbonyl (C=O) groups excluding carboxylic acids is 2. The zero-order chi connectivity index (χ0) is 20.7. The molecule has 156 valence electrons. The van der Waals surface area contributed by atoms with Crippen LogP contribution in [0, 0.1) is 11.7 Å². The average molecular weight is 414 g/mol. The Balaban J connectivity index is 1.77. The molecule has 1 heterocycles. The molecule has 0 aromatic heterocycles. The smallest absolute Gasteiger partial charge is 0.227 e. The molecule has 1 aliphatic rings. The molecular weight excluding hydrogens is 385 g/mol. The topological polar surface area (TPSA) is 86.8 Å². The van der Waals surface area contributed by atoms with E-state index in [0.29, 0.717) is 32.6 Å². The molecule has 1 aromatic rings. The maximum atomic E-state index is 13.0. The number of nitrogens with one attached hydrogen (secondary N) is 1. The first-order valence-electron chi connectivity index (χ1n) is 9.38. The van der Waals surface area contributed by atoms with E-state index in [9.17, 15) is 22.4 Å². The van der Waals surface area contributed by atoms with Crippen LogP contribution in [0.25, 0.3) is 0 Å². The van der Waals surface area contributed by atoms with Gasteiger partial charge < -0.3 is 10.2 Å². The molecule has 7 nitrogen and oxygen atoms in total. The number of hydrogen-bond acceptors (Lipinski definition) is 4. The third-order valence-electron chi connectivity index (χ3n) is 4.93. The van der Waals surface area contributed by atoms with E-state index in [0.717, 1.165) is 24.7 Å². The second-order valence-electron chi connectivity index (χ2n) is 7.21. The van der Waals surface area contributed by atoms with Crippen molar-refractivity contribution in [3.8, 4) is 0 Å². The Morgan fingerprint density at radius 1 is 1.29 bits per heavy atom. The molecule has 1 unspecified atom stereocenters. The average Bonchev–Trinajstić information content (AvgIpc) is 2.66. The van der Waals surface area contributed by atoms with Gasteiger partial charge in [-0.2, -0.15) is 0 Å². The first-order valence-corrected chi connectivity index (χ1v) is 11.2. The van der Waals surface area contributed by atoms with Crippen molar-refractivity contribution in [3.05, 3.63) is 35.6 Å². The van der Waals surface area contributed by atoms with E-state index >= 15 is 0 Å². The van der Waals surface area contributed by atoms with Crippen LogP contribution in [0.4, 0.5) is 4.39 Å². The molecule has 1 atom stereocenters. The maximum Gasteiger partial charge on any atom is 0.227 e. The largest absolute Gasteiger partial charge is 0.356 e. The predicted octanol–water partition coefficient (Wildman–Crippen LogP) is 1.00. The summed E-state index contributed by atoms with van der Waals surface area (Å²) in [4.78, 5) is 26.6. The van der Waals surface area contributed by atoms with Gasteiger partial charge in [-0.15, -0.1) is 0 Å². The summed E-state index contributed by atoms with van der Waals surface area (Å²) in [6.45, 7) is 1.71. The number of amides is 2. The van der Waals surface area contributed by atoms with Crippen molar-refractivity contribution in [2.24, 2.45) is 5.92 Å². The second-order valence-corrected chi connectivity index (χ2v) is 9.30. The van der Waals surface area contributed by atoms with Crippen molar-refractivity contribution in [1.82, 2.24) is 14.5 Å². The minimum Gasteiger partial charge on any atom is -0.356 e. The lowest BCUT2D eigenvalue weighted by Crippen LogP contribution is -2.46. The third-order valence-corrected chi connectivity index (χ3v) is 6.24. The van der Waals surface area contributed by atoms with Crippen LogP contribution < -0.4 is 5.32 Å². The van der Waals surface area contributed by atoms with E-state index in [1.165, 1.54) is 23.5 Å². The van der Waals surface area contributed by atoms with Crippen LogP contribution in [0.1, 0.15) is 24.8 Å². The maximum absolute atomic E-state index is 13.0.